The van der Waals surface area contributed by atoms with Crippen LogP contribution in [-0.4, -0.2) is 4.57 Å². The third-order valence-electron chi connectivity index (χ3n) is 9.32. The zero-order valence-electron chi connectivity index (χ0n) is 24.3. The van der Waals surface area contributed by atoms with Gasteiger partial charge in [-0.25, -0.2) is 0 Å². The van der Waals surface area contributed by atoms with Crippen molar-refractivity contribution in [1.29, 1.82) is 0 Å². The molecule has 0 radical (unpaired) electrons. The molecule has 0 fully saturated rings. The molecule has 0 aliphatic carbocycles. The van der Waals surface area contributed by atoms with Crippen LogP contribution in [0.25, 0.3) is 86.9 Å². The van der Waals surface area contributed by atoms with E-state index in [0.29, 0.717) is 0 Å². The van der Waals surface area contributed by atoms with Crippen molar-refractivity contribution >= 4 is 72.3 Å². The molecule has 0 amide bonds. The van der Waals surface area contributed by atoms with Gasteiger partial charge in [-0.1, -0.05) is 123 Å². The van der Waals surface area contributed by atoms with Crippen molar-refractivity contribution in [3.8, 4) is 22.1 Å². The Bertz CT molecular complexity index is 2740. The monoisotopic (exact) mass is 591 g/mol. The van der Waals surface area contributed by atoms with Gasteiger partial charge in [0.05, 0.1) is 11.0 Å². The summed E-state index contributed by atoms with van der Waals surface area (Å²) in [6.45, 7) is 0. The van der Waals surface area contributed by atoms with Crippen LogP contribution in [0.5, 0.6) is 0 Å². The molecule has 3 heteroatoms. The van der Waals surface area contributed by atoms with Crippen molar-refractivity contribution in [2.24, 2.45) is 0 Å². The van der Waals surface area contributed by atoms with Crippen LogP contribution in [0, 0.1) is 0 Å². The third-order valence-corrected chi connectivity index (χ3v) is 11.9. The molecule has 45 heavy (non-hydrogen) atoms. The fourth-order valence-electron chi connectivity index (χ4n) is 7.34. The maximum Gasteiger partial charge on any atom is 0.136 e. The number of nitrogens with zero attached hydrogens (tertiary/aromatic N) is 1. The Labute approximate surface area is 260 Å². The molecule has 210 valence electrons. The average Bonchev–Trinajstić information content (AvgIpc) is 3.76. The first kappa shape index (κ1) is 24.8. The van der Waals surface area contributed by atoms with E-state index in [0.717, 1.165) is 33.2 Å². The maximum absolute atomic E-state index is 6.19. The molecule has 0 N–H and O–H groups in total. The quantitative estimate of drug-likeness (QED) is 0.200. The van der Waals surface area contributed by atoms with E-state index in [-0.39, 0.29) is 0 Å². The Morgan fingerprint density at radius 2 is 1.11 bits per heavy atom. The van der Waals surface area contributed by atoms with E-state index in [9.17, 15) is 0 Å². The van der Waals surface area contributed by atoms with Gasteiger partial charge >= 0.3 is 0 Å². The topological polar surface area (TPSA) is 18.1 Å². The first-order valence-electron chi connectivity index (χ1n) is 15.4. The zero-order chi connectivity index (χ0) is 29.5. The number of aromatic nitrogens is 1. The standard InChI is InChI=1S/C42H26NOP/c1-2-10-30(11-3-1)45-40-17-9-6-13-33(40)34-24-25-37-41(42(34)45)35-14-4-7-15-36(35)43(37)29-21-18-27(19-22-29)28-20-23-32-31-12-5-8-16-38(31)44-39(32)26-28/h1-26H. The lowest BCUT2D eigenvalue weighted by atomic mass is 10.0. The maximum atomic E-state index is 6.19. The SMILES string of the molecule is c1ccc(-p2c3ccccc3c3ccc4c(c5ccccc5n4-c4ccc(-c5ccc6c(c5)oc5ccccc56)cc4)c32)cc1. The number of fused-ring (bicyclic) bond motifs is 10. The summed E-state index contributed by atoms with van der Waals surface area (Å²) < 4.78 is 8.63. The second kappa shape index (κ2) is 9.47. The first-order chi connectivity index (χ1) is 22.3. The van der Waals surface area contributed by atoms with Crippen molar-refractivity contribution in [3.63, 3.8) is 0 Å². The molecular formula is C42H26NOP. The second-order valence-corrected chi connectivity index (χ2v) is 13.9. The van der Waals surface area contributed by atoms with E-state index in [4.69, 9.17) is 4.42 Å². The van der Waals surface area contributed by atoms with Crippen LogP contribution in [0.3, 0.4) is 0 Å². The first-order valence-corrected chi connectivity index (χ1v) is 16.7. The molecule has 3 aromatic heterocycles. The summed E-state index contributed by atoms with van der Waals surface area (Å²) in [6, 6.07) is 57.4. The van der Waals surface area contributed by atoms with Crippen molar-refractivity contribution in [2.75, 3.05) is 0 Å². The number of furan rings is 1. The van der Waals surface area contributed by atoms with E-state index in [1.807, 2.05) is 12.1 Å². The fourth-order valence-corrected chi connectivity index (χ4v) is 10.2. The smallest absolute Gasteiger partial charge is 0.136 e. The molecule has 7 aromatic carbocycles. The molecule has 0 aliphatic rings. The van der Waals surface area contributed by atoms with Crippen LogP contribution in [0.2, 0.25) is 0 Å². The van der Waals surface area contributed by atoms with Gasteiger partial charge in [-0.3, -0.25) is 0 Å². The molecule has 0 saturated heterocycles. The van der Waals surface area contributed by atoms with Gasteiger partial charge < -0.3 is 8.98 Å². The Morgan fingerprint density at radius 3 is 1.98 bits per heavy atom. The van der Waals surface area contributed by atoms with Gasteiger partial charge in [-0.2, -0.15) is 0 Å². The van der Waals surface area contributed by atoms with Crippen LogP contribution in [0.4, 0.5) is 0 Å². The van der Waals surface area contributed by atoms with Crippen LogP contribution >= 0.6 is 7.53 Å². The Kier molecular flexibility index (Phi) is 5.23. The van der Waals surface area contributed by atoms with Crippen molar-refractivity contribution in [2.45, 2.75) is 0 Å². The molecular weight excluding hydrogens is 565 g/mol. The molecule has 0 spiro atoms. The molecule has 2 nitrogen and oxygen atoms in total. The van der Waals surface area contributed by atoms with Crippen LogP contribution < -0.4 is 0 Å². The highest BCUT2D eigenvalue weighted by molar-refractivity contribution is 7.68. The fraction of sp³-hybridized carbons (Fsp3) is 0. The zero-order valence-corrected chi connectivity index (χ0v) is 25.2. The summed E-state index contributed by atoms with van der Waals surface area (Å²) in [7, 11) is -0.681. The van der Waals surface area contributed by atoms with Crippen LogP contribution in [0.1, 0.15) is 0 Å². The molecule has 10 rings (SSSR count). The number of hydrogen-bond donors (Lipinski definition) is 0. The molecule has 1 atom stereocenters. The number of hydrogen-bond acceptors (Lipinski definition) is 1. The third kappa shape index (κ3) is 3.58. The molecule has 0 saturated carbocycles. The highest BCUT2D eigenvalue weighted by Crippen LogP contribution is 2.58. The molecule has 0 bridgehead atoms. The Morgan fingerprint density at radius 1 is 0.444 bits per heavy atom. The lowest BCUT2D eigenvalue weighted by Gasteiger charge is -2.10. The van der Waals surface area contributed by atoms with Crippen LogP contribution in [-0.2, 0) is 0 Å². The predicted molar refractivity (Wildman–Crippen MR) is 193 cm³/mol. The number of para-hydroxylation sites is 2. The van der Waals surface area contributed by atoms with Gasteiger partial charge in [0.15, 0.2) is 0 Å². The van der Waals surface area contributed by atoms with E-state index >= 15 is 0 Å². The summed E-state index contributed by atoms with van der Waals surface area (Å²) >= 11 is 0. The minimum Gasteiger partial charge on any atom is -0.456 e. The van der Waals surface area contributed by atoms with E-state index < -0.39 is 7.53 Å². The van der Waals surface area contributed by atoms with Gasteiger partial charge in [0, 0.05) is 37.5 Å². The van der Waals surface area contributed by atoms with Gasteiger partial charge in [-0.05, 0) is 69.7 Å². The lowest BCUT2D eigenvalue weighted by Crippen LogP contribution is -1.93. The summed E-state index contributed by atoms with van der Waals surface area (Å²) in [5, 5.41) is 12.0. The summed E-state index contributed by atoms with van der Waals surface area (Å²) in [5.74, 6) is 0. The predicted octanol–water partition coefficient (Wildman–Crippen LogP) is 12.6. The van der Waals surface area contributed by atoms with E-state index in [1.165, 1.54) is 53.7 Å². The van der Waals surface area contributed by atoms with Crippen molar-refractivity contribution < 1.29 is 4.42 Å². The largest absolute Gasteiger partial charge is 0.456 e. The van der Waals surface area contributed by atoms with Crippen molar-refractivity contribution in [1.82, 2.24) is 4.57 Å². The van der Waals surface area contributed by atoms with Gasteiger partial charge in [0.1, 0.15) is 11.2 Å². The highest BCUT2D eigenvalue weighted by atomic mass is 31.1. The molecule has 10 aromatic rings. The molecule has 1 unspecified atom stereocenters. The Hall–Kier alpha value is -5.56. The van der Waals surface area contributed by atoms with Gasteiger partial charge in [0.25, 0.3) is 0 Å². The Balaban J connectivity index is 1.20. The summed E-state index contributed by atoms with van der Waals surface area (Å²) in [5.41, 5.74) is 7.82. The minimum atomic E-state index is -0.681. The highest BCUT2D eigenvalue weighted by Gasteiger charge is 2.21. The number of benzene rings is 7. The summed E-state index contributed by atoms with van der Waals surface area (Å²) in [6.07, 6.45) is 0. The normalized spacial score (nSPS) is 12.4. The minimum absolute atomic E-state index is 0.681. The van der Waals surface area contributed by atoms with Gasteiger partial charge in [0.2, 0.25) is 0 Å². The van der Waals surface area contributed by atoms with E-state index in [2.05, 4.69) is 150 Å². The second-order valence-electron chi connectivity index (χ2n) is 11.8. The van der Waals surface area contributed by atoms with Crippen molar-refractivity contribution in [3.05, 3.63) is 158 Å². The average molecular weight is 592 g/mol. The van der Waals surface area contributed by atoms with Crippen LogP contribution in [0.15, 0.2) is 162 Å². The summed E-state index contributed by atoms with van der Waals surface area (Å²) in [4.78, 5) is 0. The molecule has 3 heterocycles. The number of rotatable bonds is 3. The molecule has 0 aliphatic heterocycles. The lowest BCUT2D eigenvalue weighted by molar-refractivity contribution is 0.669. The van der Waals surface area contributed by atoms with Gasteiger partial charge in [-0.15, -0.1) is 0 Å². The van der Waals surface area contributed by atoms with E-state index in [1.54, 1.807) is 0 Å².